The Balaban J connectivity index is 2.33. The minimum atomic E-state index is -1.73. The normalized spacial score (nSPS) is 23.5. The maximum absolute atomic E-state index is 15.8. The topological polar surface area (TPSA) is 377 Å². The van der Waals surface area contributed by atoms with Gasteiger partial charge in [0.2, 0.25) is 65.0 Å². The van der Waals surface area contributed by atoms with Crippen molar-refractivity contribution in [1.82, 2.24) is 60.5 Å². The number of unbranched alkanes of at least 4 members (excludes halogenated alkanes) is 4. The van der Waals surface area contributed by atoms with Crippen molar-refractivity contribution in [2.75, 3.05) is 74.0 Å². The molecule has 13 atom stereocenters. The van der Waals surface area contributed by atoms with Crippen LogP contribution in [-0.2, 0) is 65.8 Å². The number of hydrogen-bond acceptors (Lipinski definition) is 17. The Morgan fingerprint density at radius 1 is 0.435 bits per heavy atom. The number of carbonyl (C=O) groups excluding carboxylic acids is 11. The average Bonchev–Trinajstić information content (AvgIpc) is 0.806. The Kier molecular flexibility index (Phi) is 42.6. The van der Waals surface area contributed by atoms with Crippen molar-refractivity contribution in [1.29, 1.82) is 0 Å². The quantitative estimate of drug-likeness (QED) is 0.0335. The van der Waals surface area contributed by atoms with E-state index in [1.165, 1.54) is 104 Å². The summed E-state index contributed by atoms with van der Waals surface area (Å²) < 4.78 is 0. The van der Waals surface area contributed by atoms with Crippen molar-refractivity contribution >= 4 is 88.7 Å². The molecule has 0 aliphatic carbocycles. The van der Waals surface area contributed by atoms with E-state index in [-0.39, 0.29) is 79.3 Å². The van der Waals surface area contributed by atoms with Gasteiger partial charge in [-0.15, -0.1) is 0 Å². The van der Waals surface area contributed by atoms with E-state index in [0.29, 0.717) is 63.9 Å². The van der Waals surface area contributed by atoms with E-state index in [1.807, 2.05) is 55.4 Å². The van der Waals surface area contributed by atoms with Gasteiger partial charge in [0.15, 0.2) is 0 Å². The number of amides is 11. The van der Waals surface area contributed by atoms with Gasteiger partial charge < -0.3 is 76.0 Å². The molecule has 1 aliphatic heterocycles. The lowest BCUT2D eigenvalue weighted by molar-refractivity contribution is -0.157. The molecule has 1 fully saturated rings. The number of nitrogens with zero attached hydrogens (tertiary/aromatic N) is 8. The summed E-state index contributed by atoms with van der Waals surface area (Å²) in [5, 5.41) is 52.9. The van der Waals surface area contributed by atoms with Crippen LogP contribution in [0.1, 0.15) is 220 Å². The number of benzene rings is 2. The molecular weight excluding hydrogens is 1490 g/mol. The highest BCUT2D eigenvalue weighted by Crippen LogP contribution is 2.28. The van der Waals surface area contributed by atoms with Gasteiger partial charge in [-0.05, 0) is 161 Å². The molecule has 648 valence electrons. The summed E-state index contributed by atoms with van der Waals surface area (Å²) in [6.07, 6.45) is 2.78. The molecule has 3 rings (SSSR count). The van der Waals surface area contributed by atoms with E-state index >= 15 is 33.6 Å². The lowest BCUT2D eigenvalue weighted by Crippen LogP contribution is -2.64. The van der Waals surface area contributed by atoms with Gasteiger partial charge >= 0.3 is 11.9 Å². The zero-order valence-electron chi connectivity index (χ0n) is 72.9. The number of hydrogen-bond donors (Lipinski definition) is 8. The van der Waals surface area contributed by atoms with Crippen LogP contribution in [0, 0.1) is 41.4 Å². The number of aliphatic hydroxyl groups is 2. The van der Waals surface area contributed by atoms with Gasteiger partial charge in [0, 0.05) is 74.8 Å². The number of rotatable bonds is 32. The Labute approximate surface area is 688 Å². The van der Waals surface area contributed by atoms with Crippen molar-refractivity contribution in [2.45, 2.75) is 273 Å². The highest BCUT2D eigenvalue weighted by Gasteiger charge is 2.47. The molecule has 29 nitrogen and oxygen atoms in total. The minimum Gasteiger partial charge on any atom is -0.478 e. The van der Waals surface area contributed by atoms with Crippen molar-refractivity contribution < 1.29 is 82.8 Å². The molecule has 30 heteroatoms. The van der Waals surface area contributed by atoms with E-state index in [4.69, 9.17) is 0 Å². The molecule has 0 spiro atoms. The van der Waals surface area contributed by atoms with Gasteiger partial charge in [0.05, 0.1) is 17.2 Å². The zero-order chi connectivity index (χ0) is 87.3. The van der Waals surface area contributed by atoms with Crippen molar-refractivity contribution in [3.05, 3.63) is 70.8 Å². The second kappa shape index (κ2) is 48.5. The van der Waals surface area contributed by atoms with Crippen LogP contribution in [0.3, 0.4) is 0 Å². The number of nitrogens with one attached hydrogen (secondary N) is 4. The first-order chi connectivity index (χ1) is 53.8. The molecule has 115 heavy (non-hydrogen) atoms. The van der Waals surface area contributed by atoms with Gasteiger partial charge in [-0.1, -0.05) is 140 Å². The van der Waals surface area contributed by atoms with Gasteiger partial charge in [0.25, 0.3) is 0 Å². The number of carboxylic acid groups (broad SMARTS) is 2. The SMILES string of the molecule is CC[C@@H]1NC(=O)[C@H]([C@H](O)[C@H](C)CCCCCCN(Cc2ccc(C(=O)O)cc2)Cc2ccc(C(=O)O)cc2)N(C)C(=O)[C@H](C(C)C)N(C)C(=O)[C@H](CC(C)C)N(C)C(=O)[C@H](CC(C)C)N(C)C(=O)[C@H](C)NC(=O)[C@@H](C)NC(=O)[C@@H](CC(C)C)N(C)C(=O)[C@@H](C(C)C)NC(=O)[C@H](CC(C)C)N(C)C(=O)[C@@H](CSCCCCO)N(C)C1=O. The number of carboxylic acids is 2. The molecule has 0 radical (unpaired) electrons. The summed E-state index contributed by atoms with van der Waals surface area (Å²) in [7, 11) is 9.95. The molecule has 0 bridgehead atoms. The Hall–Kier alpha value is -8.22. The fourth-order valence-corrected chi connectivity index (χ4v) is 15.7. The Morgan fingerprint density at radius 2 is 0.843 bits per heavy atom. The van der Waals surface area contributed by atoms with E-state index in [1.54, 1.807) is 90.1 Å². The first kappa shape index (κ1) is 101. The first-order valence-electron chi connectivity index (χ1n) is 41.1. The number of aromatic carboxylic acids is 2. The van der Waals surface area contributed by atoms with Crippen LogP contribution in [0.5, 0.6) is 0 Å². The molecular formula is C85H140N12O17S. The summed E-state index contributed by atoms with van der Waals surface area (Å²) in [6.45, 7) is 29.5. The van der Waals surface area contributed by atoms with Crippen LogP contribution in [0.2, 0.25) is 0 Å². The number of thioether (sulfide) groups is 1. The fourth-order valence-electron chi connectivity index (χ4n) is 14.6. The van der Waals surface area contributed by atoms with Crippen molar-refractivity contribution in [3.63, 3.8) is 0 Å². The Morgan fingerprint density at radius 3 is 1.30 bits per heavy atom. The van der Waals surface area contributed by atoms with Crippen LogP contribution >= 0.6 is 11.8 Å². The number of carbonyl (C=O) groups is 13. The minimum absolute atomic E-state index is 0.00424. The largest absolute Gasteiger partial charge is 0.478 e. The molecule has 0 saturated carbocycles. The third kappa shape index (κ3) is 30.3. The van der Waals surface area contributed by atoms with Crippen molar-refractivity contribution in [2.24, 2.45) is 41.4 Å². The van der Waals surface area contributed by atoms with Crippen LogP contribution < -0.4 is 21.3 Å². The van der Waals surface area contributed by atoms with Gasteiger partial charge in [0.1, 0.15) is 66.5 Å². The molecule has 8 N–H and O–H groups in total. The van der Waals surface area contributed by atoms with E-state index < -0.39 is 167 Å². The Bertz CT molecular complexity index is 3470. The van der Waals surface area contributed by atoms with Crippen LogP contribution in [0.25, 0.3) is 0 Å². The second-order valence-electron chi connectivity index (χ2n) is 33.9. The lowest BCUT2D eigenvalue weighted by atomic mass is 9.90. The van der Waals surface area contributed by atoms with Crippen LogP contribution in [0.4, 0.5) is 0 Å². The predicted molar refractivity (Wildman–Crippen MR) is 446 cm³/mol. The number of aliphatic hydroxyl groups excluding tert-OH is 2. The molecule has 11 amide bonds. The van der Waals surface area contributed by atoms with Crippen LogP contribution in [-0.4, -0.2) is 283 Å². The maximum atomic E-state index is 15.8. The van der Waals surface area contributed by atoms with Crippen LogP contribution in [0.15, 0.2) is 48.5 Å². The molecule has 1 saturated heterocycles. The highest BCUT2D eigenvalue weighted by atomic mass is 32.2. The van der Waals surface area contributed by atoms with Crippen molar-refractivity contribution in [3.8, 4) is 0 Å². The zero-order valence-corrected chi connectivity index (χ0v) is 73.7. The summed E-state index contributed by atoms with van der Waals surface area (Å²) >= 11 is 1.34. The maximum Gasteiger partial charge on any atom is 0.335 e. The summed E-state index contributed by atoms with van der Waals surface area (Å²) in [6, 6.07) is -1.18. The van der Waals surface area contributed by atoms with E-state index in [9.17, 15) is 49.2 Å². The third-order valence-corrected chi connectivity index (χ3v) is 22.8. The van der Waals surface area contributed by atoms with Gasteiger partial charge in [-0.3, -0.25) is 57.6 Å². The van der Waals surface area contributed by atoms with Gasteiger partial charge in [-0.25, -0.2) is 9.59 Å². The summed E-state index contributed by atoms with van der Waals surface area (Å²) in [4.78, 5) is 200. The van der Waals surface area contributed by atoms with E-state index in [2.05, 4.69) is 26.2 Å². The summed E-state index contributed by atoms with van der Waals surface area (Å²) in [5.41, 5.74) is 2.04. The standard InChI is InChI=1S/C85H140N12O17S/c1-24-63-78(105)94(21)68(49-115-42-30-29-41-98)81(108)90(17)65(44-51(4)5)75(102)89-69(54(10)11)82(109)91(18)64(43-50(2)3)74(101)86-57(15)73(100)87-58(16)77(104)92(19)66(45-52(6)7)79(106)93(20)67(46-53(8)9)80(107)95(22)70(55(12)13)83(110)96(23)71(76(103)88-63)72(99)56(14)31-27-25-26-28-40-97(47-59-32-36-61(37-33-59)84(111)112)48-60-34-38-62(39-35-60)85(113)114/h32-39,50-58,63-72,98-99H,24-31,40-49H2,1-23H3,(H,86,101)(H,87,100)(H,88,103)(H,89,102)(H,111,112)(H,113,114)/t56-,57-,58+,63+,64-,65+,66+,67+,68-,69-,70+,71+,72-/m1/s1. The smallest absolute Gasteiger partial charge is 0.335 e. The molecule has 1 aliphatic rings. The monoisotopic (exact) mass is 1630 g/mol. The summed E-state index contributed by atoms with van der Waals surface area (Å²) in [5.74, 6) is -12.2. The fraction of sp³-hybridized carbons (Fsp3) is 0.706. The third-order valence-electron chi connectivity index (χ3n) is 21.7. The average molecular weight is 1630 g/mol. The van der Waals surface area contributed by atoms with Gasteiger partial charge in [-0.2, -0.15) is 11.8 Å². The van der Waals surface area contributed by atoms with E-state index in [0.717, 1.165) is 22.4 Å². The predicted octanol–water partition coefficient (Wildman–Crippen LogP) is 7.23. The molecule has 2 aromatic rings. The first-order valence-corrected chi connectivity index (χ1v) is 42.2. The molecule has 0 aromatic heterocycles. The highest BCUT2D eigenvalue weighted by molar-refractivity contribution is 7.99. The number of likely N-dealkylation sites (N-methyl/N-ethyl adjacent to an activating group) is 7. The molecule has 1 heterocycles. The molecule has 0 unspecified atom stereocenters. The molecule has 2 aromatic carbocycles. The second-order valence-corrected chi connectivity index (χ2v) is 35.1. The lowest BCUT2D eigenvalue weighted by Gasteiger charge is -2.41.